The van der Waals surface area contributed by atoms with Crippen molar-refractivity contribution in [2.24, 2.45) is 0 Å². The number of carboxylic acids is 1. The minimum Gasteiger partial charge on any atom is -0.479 e. The lowest BCUT2D eigenvalue weighted by Crippen LogP contribution is -2.69. The summed E-state index contributed by atoms with van der Waals surface area (Å²) in [7, 11) is -4.97. The van der Waals surface area contributed by atoms with Crippen molar-refractivity contribution in [3.8, 4) is 0 Å². The molecule has 11 heteroatoms. The van der Waals surface area contributed by atoms with Crippen LogP contribution in [0.15, 0.2) is 0 Å². The van der Waals surface area contributed by atoms with Gasteiger partial charge < -0.3 is 34.9 Å². The van der Waals surface area contributed by atoms with E-state index < -0.39 is 43.8 Å². The molecule has 10 nitrogen and oxygen atoms in total. The summed E-state index contributed by atoms with van der Waals surface area (Å²) in [5.41, 5.74) is -4.63. The summed E-state index contributed by atoms with van der Waals surface area (Å²) in [4.78, 5) is 31.0. The fourth-order valence-corrected chi connectivity index (χ4v) is 5.21. The van der Waals surface area contributed by atoms with E-state index in [4.69, 9.17) is 14.5 Å². The number of phosphoric ester groups is 1. The second-order valence-electron chi connectivity index (χ2n) is 10.4. The van der Waals surface area contributed by atoms with Gasteiger partial charge in [0.1, 0.15) is 17.8 Å². The van der Waals surface area contributed by atoms with Gasteiger partial charge in [-0.25, -0.2) is 9.36 Å². The summed E-state index contributed by atoms with van der Waals surface area (Å²) >= 11 is 0. The number of aliphatic hydroxyl groups is 3. The molecule has 0 aliphatic heterocycles. The van der Waals surface area contributed by atoms with Crippen molar-refractivity contribution in [3.05, 3.63) is 0 Å². The molecule has 0 aliphatic rings. The van der Waals surface area contributed by atoms with Crippen molar-refractivity contribution in [1.82, 2.24) is 0 Å². The summed E-state index contributed by atoms with van der Waals surface area (Å²) in [6, 6.07) is 0. The largest absolute Gasteiger partial charge is 0.479 e. The van der Waals surface area contributed by atoms with Gasteiger partial charge in [-0.3, -0.25) is 4.52 Å². The molecule has 0 spiro atoms. The van der Waals surface area contributed by atoms with Crippen molar-refractivity contribution in [2.45, 2.75) is 153 Å². The number of aliphatic carboxylic acids is 1. The molecular weight excluding hydrogens is 515 g/mol. The molecule has 4 atom stereocenters. The predicted molar refractivity (Wildman–Crippen MR) is 147 cm³/mol. The molecule has 0 fully saturated rings. The van der Waals surface area contributed by atoms with E-state index in [-0.39, 0.29) is 19.4 Å². The average Bonchev–Trinajstić information content (AvgIpc) is 2.86. The highest BCUT2D eigenvalue weighted by molar-refractivity contribution is 7.46. The molecule has 0 aromatic rings. The van der Waals surface area contributed by atoms with Crippen LogP contribution < -0.4 is 0 Å². The molecule has 0 bridgehead atoms. The van der Waals surface area contributed by atoms with Crippen LogP contribution in [0.2, 0.25) is 0 Å². The predicted octanol–water partition coefficient (Wildman–Crippen LogP) is 5.08. The summed E-state index contributed by atoms with van der Waals surface area (Å²) in [5, 5.41) is 44.2. The van der Waals surface area contributed by atoms with Gasteiger partial charge in [-0.05, 0) is 25.7 Å². The summed E-state index contributed by atoms with van der Waals surface area (Å²) in [5.74, 6) is -1.43. The highest BCUT2D eigenvalue weighted by atomic mass is 31.2. The van der Waals surface area contributed by atoms with Gasteiger partial charge in [0.2, 0.25) is 0 Å². The third kappa shape index (κ3) is 13.7. The maximum atomic E-state index is 12.9. The van der Waals surface area contributed by atoms with Crippen LogP contribution >= 0.6 is 7.82 Å². The van der Waals surface area contributed by atoms with Gasteiger partial charge >= 0.3 is 13.8 Å². The van der Waals surface area contributed by atoms with Crippen molar-refractivity contribution in [3.63, 3.8) is 0 Å². The maximum absolute atomic E-state index is 12.9. The van der Waals surface area contributed by atoms with E-state index >= 15 is 0 Å². The van der Waals surface area contributed by atoms with Gasteiger partial charge in [0.05, 0.1) is 6.61 Å². The number of hydrogen-bond donors (Lipinski definition) is 6. The average molecular weight is 571 g/mol. The number of carboxylic acid groups (broad SMARTS) is 1. The Kier molecular flexibility index (Phi) is 20.0. The van der Waals surface area contributed by atoms with E-state index in [1.165, 1.54) is 0 Å². The zero-order valence-corrected chi connectivity index (χ0v) is 24.7. The first-order chi connectivity index (χ1) is 17.9. The van der Waals surface area contributed by atoms with E-state index in [2.05, 4.69) is 25.3 Å². The zero-order chi connectivity index (χ0) is 29.1. The Hall–Kier alpha value is -0.580. The van der Waals surface area contributed by atoms with Crippen LogP contribution in [0, 0.1) is 0 Å². The van der Waals surface area contributed by atoms with Crippen LogP contribution in [-0.4, -0.2) is 72.8 Å². The number of hydrogen-bond acceptors (Lipinski definition) is 7. The Morgan fingerprint density at radius 1 is 0.763 bits per heavy atom. The number of unbranched alkanes of at least 4 members (excludes halogenated alkanes) is 12. The maximum Gasteiger partial charge on any atom is 0.469 e. The van der Waals surface area contributed by atoms with Crippen LogP contribution in [0.3, 0.4) is 0 Å². The van der Waals surface area contributed by atoms with Crippen LogP contribution in [-0.2, 0) is 18.6 Å². The zero-order valence-electron chi connectivity index (χ0n) is 23.9. The SMILES string of the molecule is CCCCCCCO[C@@](CCCCCCC)(C(=O)O)C(O)(CCCCCCC)C(O)C(O)COP(=O)(O)O. The highest BCUT2D eigenvalue weighted by Gasteiger charge is 2.61. The fraction of sp³-hybridized carbons (Fsp3) is 0.963. The van der Waals surface area contributed by atoms with E-state index in [0.29, 0.717) is 25.7 Å². The molecule has 0 heterocycles. The van der Waals surface area contributed by atoms with Gasteiger partial charge in [0.15, 0.2) is 5.60 Å². The van der Waals surface area contributed by atoms with Crippen molar-refractivity contribution in [1.29, 1.82) is 0 Å². The Morgan fingerprint density at radius 2 is 1.21 bits per heavy atom. The van der Waals surface area contributed by atoms with Crippen LogP contribution in [0.4, 0.5) is 0 Å². The molecule has 6 N–H and O–H groups in total. The fourth-order valence-electron chi connectivity index (χ4n) is 4.87. The molecular formula is C27H55O10P. The second kappa shape index (κ2) is 20.3. The first-order valence-electron chi connectivity index (χ1n) is 14.6. The molecule has 0 aromatic carbocycles. The van der Waals surface area contributed by atoms with Gasteiger partial charge in [-0.1, -0.05) is 104 Å². The van der Waals surface area contributed by atoms with Crippen molar-refractivity contribution in [2.75, 3.05) is 13.2 Å². The summed E-state index contributed by atoms with van der Waals surface area (Å²) < 4.78 is 21.5. The minimum absolute atomic E-state index is 0.0604. The van der Waals surface area contributed by atoms with Crippen molar-refractivity contribution < 1.29 is 48.8 Å². The van der Waals surface area contributed by atoms with Crippen LogP contribution in [0.25, 0.3) is 0 Å². The van der Waals surface area contributed by atoms with Crippen LogP contribution in [0.1, 0.15) is 130 Å². The molecule has 228 valence electrons. The van der Waals surface area contributed by atoms with Crippen LogP contribution in [0.5, 0.6) is 0 Å². The van der Waals surface area contributed by atoms with E-state index in [1.54, 1.807) is 0 Å². The van der Waals surface area contributed by atoms with E-state index in [1.807, 2.05) is 0 Å². The summed E-state index contributed by atoms with van der Waals surface area (Å²) in [6.45, 7) is 5.30. The molecule has 3 unspecified atom stereocenters. The Balaban J connectivity index is 6.12. The van der Waals surface area contributed by atoms with Crippen molar-refractivity contribution >= 4 is 13.8 Å². The molecule has 38 heavy (non-hydrogen) atoms. The Labute approximate surface area is 229 Å². The standard InChI is InChI=1S/C27H55O10P/c1-4-7-10-13-16-19-26(32,24(29)23(28)22-37-38(33,34)35)27(25(30)31,20-17-14-11-8-5-2)36-21-18-15-12-9-6-3/h23-24,28-29,32H,4-22H2,1-3H3,(H,30,31)(H2,33,34,35)/t23?,24?,26?,27-/m0/s1. The lowest BCUT2D eigenvalue weighted by molar-refractivity contribution is -0.253. The first kappa shape index (κ1) is 37.4. The number of rotatable bonds is 26. The Morgan fingerprint density at radius 3 is 1.66 bits per heavy atom. The highest BCUT2D eigenvalue weighted by Crippen LogP contribution is 2.42. The smallest absolute Gasteiger partial charge is 0.469 e. The minimum atomic E-state index is -4.97. The molecule has 0 saturated heterocycles. The third-order valence-electron chi connectivity index (χ3n) is 7.20. The van der Waals surface area contributed by atoms with Gasteiger partial charge in [-0.2, -0.15) is 0 Å². The summed E-state index contributed by atoms with van der Waals surface area (Å²) in [6.07, 6.45) is 8.13. The molecule has 0 radical (unpaired) electrons. The lowest BCUT2D eigenvalue weighted by Gasteiger charge is -2.48. The molecule has 0 rings (SSSR count). The third-order valence-corrected chi connectivity index (χ3v) is 7.69. The Bertz CT molecular complexity index is 658. The quantitative estimate of drug-likeness (QED) is 0.0608. The topological polar surface area (TPSA) is 174 Å². The molecule has 0 aromatic heterocycles. The van der Waals surface area contributed by atoms with Gasteiger partial charge in [0, 0.05) is 6.61 Å². The lowest BCUT2D eigenvalue weighted by atomic mass is 9.70. The monoisotopic (exact) mass is 570 g/mol. The number of ether oxygens (including phenoxy) is 1. The number of phosphoric acid groups is 1. The second-order valence-corrected chi connectivity index (χ2v) is 11.7. The van der Waals surface area contributed by atoms with Gasteiger partial charge in [-0.15, -0.1) is 0 Å². The van der Waals surface area contributed by atoms with Gasteiger partial charge in [0.25, 0.3) is 0 Å². The molecule has 0 saturated carbocycles. The molecule has 0 amide bonds. The van der Waals surface area contributed by atoms with E-state index in [9.17, 15) is 29.8 Å². The first-order valence-corrected chi connectivity index (χ1v) is 16.1. The van der Waals surface area contributed by atoms with E-state index in [0.717, 1.165) is 70.6 Å². The number of aliphatic hydroxyl groups excluding tert-OH is 2. The molecule has 0 aliphatic carbocycles. The number of carbonyl (C=O) groups is 1. The normalized spacial score (nSPS) is 17.1.